The largest absolute Gasteiger partial charge is 0.398 e. The highest BCUT2D eigenvalue weighted by Crippen LogP contribution is 2.33. The molecule has 4 N–H and O–H groups in total. The molecule has 135 valence electrons. The minimum absolute atomic E-state index is 0.461. The van der Waals surface area contributed by atoms with Gasteiger partial charge >= 0.3 is 0 Å². The van der Waals surface area contributed by atoms with Crippen LogP contribution in [-0.4, -0.2) is 22.8 Å². The van der Waals surface area contributed by atoms with Crippen LogP contribution in [0.25, 0.3) is 0 Å². The van der Waals surface area contributed by atoms with E-state index in [4.69, 9.17) is 46.3 Å². The summed E-state index contributed by atoms with van der Waals surface area (Å²) in [7, 11) is 2.17. The maximum atomic E-state index is 10.9. The van der Waals surface area contributed by atoms with Crippen molar-refractivity contribution in [3.05, 3.63) is 71.9 Å². The Kier molecular flexibility index (Phi) is 8.72. The van der Waals surface area contributed by atoms with Crippen molar-refractivity contribution in [3.8, 4) is 0 Å². The Morgan fingerprint density at radius 1 is 0.846 bits per heavy atom. The fourth-order valence-electron chi connectivity index (χ4n) is 1.93. The van der Waals surface area contributed by atoms with E-state index >= 15 is 0 Å². The van der Waals surface area contributed by atoms with Crippen LogP contribution >= 0.6 is 34.8 Å². The molecular formula is C18H17BCl3N2O2. The summed E-state index contributed by atoms with van der Waals surface area (Å²) in [6.07, 6.45) is 0. The predicted octanol–water partition coefficient (Wildman–Crippen LogP) is 1.99. The van der Waals surface area contributed by atoms with Gasteiger partial charge in [-0.1, -0.05) is 106 Å². The van der Waals surface area contributed by atoms with Gasteiger partial charge in [-0.15, -0.1) is 0 Å². The standard InChI is InChI=1S/C12H10B.C6H7Cl3N2O2/c1-3-7-11(8-4-1)13-12-9-5-2-6-10-12;1-2(12)3(5(11)13)4(10)6(7,8)9/h1-10H;10H2,1H3,(H2,11,13). The quantitative estimate of drug-likeness (QED) is 0.266. The number of halogens is 3. The van der Waals surface area contributed by atoms with Crippen LogP contribution in [0.15, 0.2) is 71.9 Å². The van der Waals surface area contributed by atoms with Gasteiger partial charge in [-0.25, -0.2) is 0 Å². The fraction of sp³-hybridized carbons (Fsp3) is 0.111. The van der Waals surface area contributed by atoms with Gasteiger partial charge in [0.1, 0.15) is 5.57 Å². The van der Waals surface area contributed by atoms with Crippen molar-refractivity contribution in [1.29, 1.82) is 0 Å². The molecule has 0 saturated carbocycles. The minimum atomic E-state index is -2.00. The number of hydrogen-bond donors (Lipinski definition) is 2. The monoisotopic (exact) mass is 409 g/mol. The molecule has 2 aromatic rings. The van der Waals surface area contributed by atoms with Crippen LogP contribution in [0.4, 0.5) is 0 Å². The summed E-state index contributed by atoms with van der Waals surface area (Å²) in [5.41, 5.74) is 11.7. The molecule has 0 aromatic heterocycles. The molecule has 2 rings (SSSR count). The molecule has 4 nitrogen and oxygen atoms in total. The number of Topliss-reactive ketones (excluding diaryl/α,β-unsaturated/α-hetero) is 1. The maximum Gasteiger partial charge on any atom is 0.254 e. The first-order valence-corrected chi connectivity index (χ1v) is 8.59. The molecule has 0 aliphatic heterocycles. The fourth-order valence-corrected chi connectivity index (χ4v) is 2.21. The maximum absolute atomic E-state index is 10.9. The van der Waals surface area contributed by atoms with E-state index in [1.807, 2.05) is 12.1 Å². The third-order valence-corrected chi connectivity index (χ3v) is 3.72. The summed E-state index contributed by atoms with van der Waals surface area (Å²) in [6.45, 7) is 1.10. The minimum Gasteiger partial charge on any atom is -0.398 e. The zero-order chi connectivity index (χ0) is 19.7. The highest BCUT2D eigenvalue weighted by molar-refractivity contribution is 6.69. The van der Waals surface area contributed by atoms with E-state index in [9.17, 15) is 9.59 Å². The van der Waals surface area contributed by atoms with Gasteiger partial charge < -0.3 is 11.5 Å². The number of carbonyl (C=O) groups is 2. The smallest absolute Gasteiger partial charge is 0.254 e. The van der Waals surface area contributed by atoms with Crippen LogP contribution in [0.2, 0.25) is 0 Å². The molecule has 1 amide bonds. The van der Waals surface area contributed by atoms with Crippen LogP contribution in [0.5, 0.6) is 0 Å². The van der Waals surface area contributed by atoms with Crippen LogP contribution in [0.1, 0.15) is 6.92 Å². The van der Waals surface area contributed by atoms with E-state index < -0.39 is 26.8 Å². The second-order valence-electron chi connectivity index (χ2n) is 5.17. The molecule has 2 aromatic carbocycles. The lowest BCUT2D eigenvalue weighted by molar-refractivity contribution is -0.119. The van der Waals surface area contributed by atoms with Gasteiger partial charge in [0.15, 0.2) is 13.1 Å². The Morgan fingerprint density at radius 2 is 1.23 bits per heavy atom. The van der Waals surface area contributed by atoms with Crippen molar-refractivity contribution in [2.24, 2.45) is 11.5 Å². The molecule has 1 radical (unpaired) electrons. The zero-order valence-corrected chi connectivity index (χ0v) is 16.2. The van der Waals surface area contributed by atoms with E-state index in [1.165, 1.54) is 10.9 Å². The molecule has 0 heterocycles. The Labute approximate surface area is 168 Å². The first-order chi connectivity index (χ1) is 12.1. The van der Waals surface area contributed by atoms with Crippen molar-refractivity contribution >= 4 is 64.7 Å². The average molecular weight is 411 g/mol. The molecule has 0 spiro atoms. The van der Waals surface area contributed by atoms with Gasteiger partial charge in [0.2, 0.25) is 3.79 Å². The molecule has 0 saturated heterocycles. The molecule has 0 aliphatic rings. The summed E-state index contributed by atoms with van der Waals surface area (Å²) in [6, 6.07) is 20.7. The molecule has 8 heteroatoms. The SMILES string of the molecule is CC(=O)C(C(N)=O)=C(N)C(Cl)(Cl)Cl.[B](c1ccccc1)c1ccccc1. The van der Waals surface area contributed by atoms with Crippen LogP contribution < -0.4 is 22.4 Å². The van der Waals surface area contributed by atoms with E-state index in [-0.39, 0.29) is 0 Å². The van der Waals surface area contributed by atoms with E-state index in [1.54, 1.807) is 0 Å². The first kappa shape index (κ1) is 22.1. The normalized spacial score (nSPS) is 11.5. The summed E-state index contributed by atoms with van der Waals surface area (Å²) in [5, 5.41) is 0. The summed E-state index contributed by atoms with van der Waals surface area (Å²) in [5.74, 6) is -1.66. The number of alkyl halides is 3. The second-order valence-corrected chi connectivity index (χ2v) is 7.45. The highest BCUT2D eigenvalue weighted by Gasteiger charge is 2.30. The third kappa shape index (κ3) is 7.52. The Hall–Kier alpha value is -1.95. The lowest BCUT2D eigenvalue weighted by atomic mass is 9.64. The predicted molar refractivity (Wildman–Crippen MR) is 109 cm³/mol. The van der Waals surface area contributed by atoms with Gasteiger partial charge in [-0.2, -0.15) is 0 Å². The number of hydrogen-bond acceptors (Lipinski definition) is 3. The van der Waals surface area contributed by atoms with E-state index in [0.717, 1.165) is 6.92 Å². The lowest BCUT2D eigenvalue weighted by Crippen LogP contribution is -2.29. The molecule has 0 aliphatic carbocycles. The molecule has 0 fully saturated rings. The number of carbonyl (C=O) groups excluding carboxylic acids is 2. The second kappa shape index (κ2) is 10.3. The van der Waals surface area contributed by atoms with Gasteiger partial charge in [-0.3, -0.25) is 9.59 Å². The molecular weight excluding hydrogens is 393 g/mol. The van der Waals surface area contributed by atoms with E-state index in [0.29, 0.717) is 0 Å². The Morgan fingerprint density at radius 3 is 1.46 bits per heavy atom. The van der Waals surface area contributed by atoms with Crippen LogP contribution in [-0.2, 0) is 9.59 Å². The molecule has 0 atom stereocenters. The number of ketones is 1. The topological polar surface area (TPSA) is 86.2 Å². The number of allylic oxidation sites excluding steroid dienone is 1. The van der Waals surface area contributed by atoms with Crippen LogP contribution in [0.3, 0.4) is 0 Å². The average Bonchev–Trinajstić information content (AvgIpc) is 2.56. The number of nitrogens with two attached hydrogens (primary N) is 2. The van der Waals surface area contributed by atoms with Crippen molar-refractivity contribution in [3.63, 3.8) is 0 Å². The summed E-state index contributed by atoms with van der Waals surface area (Å²) < 4.78 is -2.00. The van der Waals surface area contributed by atoms with Gasteiger partial charge in [0.25, 0.3) is 5.91 Å². The van der Waals surface area contributed by atoms with Gasteiger partial charge in [-0.05, 0) is 6.92 Å². The lowest BCUT2D eigenvalue weighted by Gasteiger charge is -2.13. The molecule has 26 heavy (non-hydrogen) atoms. The first-order valence-electron chi connectivity index (χ1n) is 7.45. The third-order valence-electron chi connectivity index (χ3n) is 3.11. The molecule has 0 unspecified atom stereocenters. The number of primary amides is 1. The summed E-state index contributed by atoms with van der Waals surface area (Å²) in [4.78, 5) is 21.6. The van der Waals surface area contributed by atoms with Gasteiger partial charge in [0.05, 0.1) is 5.70 Å². The Balaban J connectivity index is 0.000000260. The number of amides is 1. The zero-order valence-electron chi connectivity index (χ0n) is 14.0. The van der Waals surface area contributed by atoms with Gasteiger partial charge in [0, 0.05) is 0 Å². The molecule has 0 bridgehead atoms. The van der Waals surface area contributed by atoms with Crippen molar-refractivity contribution < 1.29 is 9.59 Å². The van der Waals surface area contributed by atoms with Crippen molar-refractivity contribution in [2.75, 3.05) is 0 Å². The number of rotatable bonds is 4. The Bertz CT molecular complexity index is 723. The highest BCUT2D eigenvalue weighted by atomic mass is 35.6. The van der Waals surface area contributed by atoms with Crippen molar-refractivity contribution in [1.82, 2.24) is 0 Å². The van der Waals surface area contributed by atoms with E-state index in [2.05, 4.69) is 55.8 Å². The number of benzene rings is 2. The van der Waals surface area contributed by atoms with Crippen molar-refractivity contribution in [2.45, 2.75) is 10.7 Å². The van der Waals surface area contributed by atoms with Crippen LogP contribution in [0, 0.1) is 0 Å². The summed E-state index contributed by atoms with van der Waals surface area (Å²) >= 11 is 16.1.